The highest BCUT2D eigenvalue weighted by Crippen LogP contribution is 2.21. The second kappa shape index (κ2) is 7.27. The Hall–Kier alpha value is -1.38. The number of methoxy groups -OCH3 is 1. The molecule has 1 rings (SSSR count). The predicted molar refractivity (Wildman–Crippen MR) is 64.8 cm³/mol. The van der Waals surface area contributed by atoms with E-state index in [1.807, 2.05) is 0 Å². The van der Waals surface area contributed by atoms with Crippen LogP contribution in [-0.4, -0.2) is 67.3 Å². The summed E-state index contributed by atoms with van der Waals surface area (Å²) in [4.78, 5) is 22.4. The zero-order valence-electron chi connectivity index (χ0n) is 10.8. The van der Waals surface area contributed by atoms with Crippen molar-refractivity contribution in [2.75, 3.05) is 33.5 Å². The van der Waals surface area contributed by atoms with Gasteiger partial charge in [0.25, 0.3) is 0 Å². The summed E-state index contributed by atoms with van der Waals surface area (Å²) in [6, 6.07) is -1.72. The van der Waals surface area contributed by atoms with Crippen molar-refractivity contribution in [1.29, 1.82) is 0 Å². The lowest BCUT2D eigenvalue weighted by molar-refractivity contribution is -0.139. The SMILES string of the molecule is COC1(CNC(=O)N[C@@H](CCO)C(=O)O)CCOC1. The predicted octanol–water partition coefficient (Wildman–Crippen LogP) is -1.07. The number of hydrogen-bond acceptors (Lipinski definition) is 5. The van der Waals surface area contributed by atoms with Crippen molar-refractivity contribution < 1.29 is 29.3 Å². The van der Waals surface area contributed by atoms with Gasteiger partial charge in [0, 0.05) is 33.2 Å². The van der Waals surface area contributed by atoms with Gasteiger partial charge in [-0.25, -0.2) is 9.59 Å². The van der Waals surface area contributed by atoms with Gasteiger partial charge in [0.2, 0.25) is 0 Å². The lowest BCUT2D eigenvalue weighted by Gasteiger charge is -2.26. The number of carbonyl (C=O) groups excluding carboxylic acids is 1. The molecule has 8 heteroatoms. The molecule has 0 aromatic rings. The highest BCUT2D eigenvalue weighted by molar-refractivity contribution is 5.82. The normalized spacial score (nSPS) is 23.9. The number of urea groups is 1. The largest absolute Gasteiger partial charge is 0.480 e. The average Bonchev–Trinajstić information content (AvgIpc) is 2.85. The molecule has 0 aliphatic carbocycles. The Balaban J connectivity index is 2.39. The molecule has 110 valence electrons. The van der Waals surface area contributed by atoms with E-state index in [1.54, 1.807) is 7.11 Å². The number of amides is 2. The molecular formula is C11H20N2O6. The molecule has 2 atom stereocenters. The Morgan fingerprint density at radius 3 is 2.74 bits per heavy atom. The standard InChI is InChI=1S/C11H20N2O6/c1-18-11(3-5-19-7-11)6-12-10(17)13-8(2-4-14)9(15)16/h8,14H,2-7H2,1H3,(H,15,16)(H2,12,13,17)/t8-,11?/m0/s1. The summed E-state index contributed by atoms with van der Waals surface area (Å²) in [7, 11) is 1.54. The lowest BCUT2D eigenvalue weighted by Crippen LogP contribution is -2.51. The van der Waals surface area contributed by atoms with Gasteiger partial charge in [-0.2, -0.15) is 0 Å². The van der Waals surface area contributed by atoms with Crippen LogP contribution in [0.25, 0.3) is 0 Å². The summed E-state index contributed by atoms with van der Waals surface area (Å²) < 4.78 is 10.5. The first-order valence-electron chi connectivity index (χ1n) is 6.04. The number of carboxylic acids is 1. The van der Waals surface area contributed by atoms with Crippen molar-refractivity contribution in [3.63, 3.8) is 0 Å². The van der Waals surface area contributed by atoms with Gasteiger partial charge in [0.15, 0.2) is 0 Å². The lowest BCUT2D eigenvalue weighted by atomic mass is 10.0. The fourth-order valence-corrected chi connectivity index (χ4v) is 1.80. The zero-order chi connectivity index (χ0) is 14.3. The summed E-state index contributed by atoms with van der Waals surface area (Å²) in [5.74, 6) is -1.19. The van der Waals surface area contributed by atoms with E-state index in [9.17, 15) is 9.59 Å². The minimum absolute atomic E-state index is 0.0404. The van der Waals surface area contributed by atoms with Crippen LogP contribution < -0.4 is 10.6 Å². The van der Waals surface area contributed by atoms with Crippen molar-refractivity contribution in [3.8, 4) is 0 Å². The number of nitrogens with one attached hydrogen (secondary N) is 2. The van der Waals surface area contributed by atoms with Crippen LogP contribution in [0.15, 0.2) is 0 Å². The molecule has 0 radical (unpaired) electrons. The zero-order valence-corrected chi connectivity index (χ0v) is 10.8. The molecule has 1 heterocycles. The van der Waals surface area contributed by atoms with Crippen LogP contribution in [-0.2, 0) is 14.3 Å². The van der Waals surface area contributed by atoms with Gasteiger partial charge in [-0.15, -0.1) is 0 Å². The minimum atomic E-state index is -1.19. The van der Waals surface area contributed by atoms with Gasteiger partial charge in [-0.05, 0) is 0 Å². The Morgan fingerprint density at radius 2 is 2.26 bits per heavy atom. The van der Waals surface area contributed by atoms with E-state index >= 15 is 0 Å². The van der Waals surface area contributed by atoms with E-state index in [-0.39, 0.29) is 19.6 Å². The molecule has 0 saturated carbocycles. The van der Waals surface area contributed by atoms with Gasteiger partial charge in [-0.3, -0.25) is 0 Å². The molecule has 1 aliphatic heterocycles. The molecule has 19 heavy (non-hydrogen) atoms. The first-order valence-corrected chi connectivity index (χ1v) is 6.04. The fourth-order valence-electron chi connectivity index (χ4n) is 1.80. The maximum Gasteiger partial charge on any atom is 0.326 e. The van der Waals surface area contributed by atoms with Crippen LogP contribution in [0.4, 0.5) is 4.79 Å². The number of ether oxygens (including phenoxy) is 2. The van der Waals surface area contributed by atoms with E-state index in [0.29, 0.717) is 19.6 Å². The Bertz CT molecular complexity index is 316. The van der Waals surface area contributed by atoms with Gasteiger partial charge in [0.05, 0.1) is 13.2 Å². The highest BCUT2D eigenvalue weighted by Gasteiger charge is 2.35. The summed E-state index contributed by atoms with van der Waals surface area (Å²) in [5.41, 5.74) is -0.549. The minimum Gasteiger partial charge on any atom is -0.480 e. The van der Waals surface area contributed by atoms with Crippen LogP contribution in [0.2, 0.25) is 0 Å². The third-order valence-corrected chi connectivity index (χ3v) is 3.09. The fraction of sp³-hybridized carbons (Fsp3) is 0.818. The number of carbonyl (C=O) groups is 2. The summed E-state index contributed by atoms with van der Waals surface area (Å²) in [6.07, 6.45) is 0.629. The molecule has 8 nitrogen and oxygen atoms in total. The number of hydrogen-bond donors (Lipinski definition) is 4. The highest BCUT2D eigenvalue weighted by atomic mass is 16.5. The van der Waals surface area contributed by atoms with E-state index < -0.39 is 23.6 Å². The Kier molecular flexibility index (Phi) is 6.00. The van der Waals surface area contributed by atoms with Crippen molar-refractivity contribution in [2.24, 2.45) is 0 Å². The second-order valence-corrected chi connectivity index (χ2v) is 4.42. The van der Waals surface area contributed by atoms with Gasteiger partial charge < -0.3 is 30.3 Å². The molecule has 0 aromatic carbocycles. The Morgan fingerprint density at radius 1 is 1.53 bits per heavy atom. The number of aliphatic hydroxyl groups excluding tert-OH is 1. The van der Waals surface area contributed by atoms with Gasteiger partial charge in [0.1, 0.15) is 11.6 Å². The first kappa shape index (κ1) is 15.7. The number of carboxylic acid groups (broad SMARTS) is 1. The molecule has 0 bridgehead atoms. The summed E-state index contributed by atoms with van der Waals surface area (Å²) in [5, 5.41) is 22.4. The summed E-state index contributed by atoms with van der Waals surface area (Å²) in [6.45, 7) is 0.885. The number of rotatable bonds is 7. The molecule has 0 aromatic heterocycles. The maximum absolute atomic E-state index is 11.6. The van der Waals surface area contributed by atoms with Crippen LogP contribution in [0.1, 0.15) is 12.8 Å². The molecule has 1 aliphatic rings. The molecule has 1 saturated heterocycles. The molecule has 0 spiro atoms. The smallest absolute Gasteiger partial charge is 0.326 e. The van der Waals surface area contributed by atoms with Crippen LogP contribution >= 0.6 is 0 Å². The topological polar surface area (TPSA) is 117 Å². The quantitative estimate of drug-likeness (QED) is 0.470. The van der Waals surface area contributed by atoms with Crippen molar-refractivity contribution >= 4 is 12.0 Å². The third kappa shape index (κ3) is 4.66. The molecular weight excluding hydrogens is 256 g/mol. The van der Waals surface area contributed by atoms with E-state index in [0.717, 1.165) is 0 Å². The van der Waals surface area contributed by atoms with Gasteiger partial charge in [-0.1, -0.05) is 0 Å². The Labute approximate surface area is 111 Å². The number of aliphatic hydroxyl groups is 1. The number of aliphatic carboxylic acids is 1. The maximum atomic E-state index is 11.6. The van der Waals surface area contributed by atoms with Crippen molar-refractivity contribution in [1.82, 2.24) is 10.6 Å². The molecule has 1 unspecified atom stereocenters. The molecule has 4 N–H and O–H groups in total. The molecule has 1 fully saturated rings. The van der Waals surface area contributed by atoms with Gasteiger partial charge >= 0.3 is 12.0 Å². The van der Waals surface area contributed by atoms with E-state index in [2.05, 4.69) is 10.6 Å². The van der Waals surface area contributed by atoms with Crippen LogP contribution in [0.5, 0.6) is 0 Å². The van der Waals surface area contributed by atoms with Crippen LogP contribution in [0.3, 0.4) is 0 Å². The van der Waals surface area contributed by atoms with E-state index in [1.165, 1.54) is 0 Å². The van der Waals surface area contributed by atoms with E-state index in [4.69, 9.17) is 19.7 Å². The van der Waals surface area contributed by atoms with Crippen molar-refractivity contribution in [2.45, 2.75) is 24.5 Å². The average molecular weight is 276 g/mol. The van der Waals surface area contributed by atoms with Crippen molar-refractivity contribution in [3.05, 3.63) is 0 Å². The third-order valence-electron chi connectivity index (χ3n) is 3.09. The van der Waals surface area contributed by atoms with Crippen LogP contribution in [0, 0.1) is 0 Å². The first-order chi connectivity index (χ1) is 9.03. The molecule has 2 amide bonds. The second-order valence-electron chi connectivity index (χ2n) is 4.42. The summed E-state index contributed by atoms with van der Waals surface area (Å²) >= 11 is 0. The monoisotopic (exact) mass is 276 g/mol.